The van der Waals surface area contributed by atoms with Gasteiger partial charge in [0, 0.05) is 18.2 Å². The van der Waals surface area contributed by atoms with Gasteiger partial charge >= 0.3 is 6.18 Å². The van der Waals surface area contributed by atoms with E-state index in [1.807, 2.05) is 13.8 Å². The minimum Gasteiger partial charge on any atom is -0.497 e. The van der Waals surface area contributed by atoms with Crippen molar-refractivity contribution in [1.82, 2.24) is 10.6 Å². The number of halogens is 3. The van der Waals surface area contributed by atoms with Crippen LogP contribution in [0.3, 0.4) is 0 Å². The molecule has 7 nitrogen and oxygen atoms in total. The van der Waals surface area contributed by atoms with E-state index < -0.39 is 24.7 Å². The molecule has 2 aromatic rings. The van der Waals surface area contributed by atoms with Crippen molar-refractivity contribution in [3.63, 3.8) is 0 Å². The largest absolute Gasteiger partial charge is 0.497 e. The number of ether oxygens (including phenoxy) is 3. The van der Waals surface area contributed by atoms with E-state index in [-0.39, 0.29) is 30.5 Å². The fourth-order valence-electron chi connectivity index (χ4n) is 3.04. The first-order valence-corrected chi connectivity index (χ1v) is 10.6. The summed E-state index contributed by atoms with van der Waals surface area (Å²) >= 11 is 0. The highest BCUT2D eigenvalue weighted by molar-refractivity contribution is 5.98. The third-order valence-electron chi connectivity index (χ3n) is 4.87. The first-order chi connectivity index (χ1) is 16.0. The van der Waals surface area contributed by atoms with E-state index in [9.17, 15) is 22.8 Å². The molecule has 0 spiro atoms. The van der Waals surface area contributed by atoms with Gasteiger partial charge in [0.1, 0.15) is 24.1 Å². The Balaban J connectivity index is 1.95. The smallest absolute Gasteiger partial charge is 0.411 e. The highest BCUT2D eigenvalue weighted by Gasteiger charge is 2.27. The van der Waals surface area contributed by atoms with Crippen molar-refractivity contribution in [2.45, 2.75) is 39.2 Å². The molecule has 0 fully saturated rings. The number of carbonyl (C=O) groups is 2. The molecule has 2 rings (SSSR count). The van der Waals surface area contributed by atoms with Gasteiger partial charge in [-0.2, -0.15) is 13.2 Å². The number of carbonyl (C=O) groups excluding carboxylic acids is 2. The second-order valence-electron chi connectivity index (χ2n) is 7.94. The molecule has 0 aliphatic carbocycles. The predicted molar refractivity (Wildman–Crippen MR) is 120 cm³/mol. The molecule has 0 unspecified atom stereocenters. The van der Waals surface area contributed by atoms with Gasteiger partial charge in [0.15, 0.2) is 0 Å². The summed E-state index contributed by atoms with van der Waals surface area (Å²) in [6, 6.07) is 10.6. The number of nitrogens with one attached hydrogen (secondary N) is 2. The van der Waals surface area contributed by atoms with Crippen LogP contribution < -0.4 is 20.1 Å². The number of benzene rings is 2. The zero-order chi connectivity index (χ0) is 25.3. The molecule has 1 atom stereocenters. The zero-order valence-corrected chi connectivity index (χ0v) is 19.5. The van der Waals surface area contributed by atoms with Crippen LogP contribution in [0, 0.1) is 5.92 Å². The maximum absolute atomic E-state index is 12.8. The van der Waals surface area contributed by atoms with Crippen molar-refractivity contribution in [3.8, 4) is 11.5 Å². The van der Waals surface area contributed by atoms with Crippen molar-refractivity contribution >= 4 is 11.8 Å². The molecule has 2 aromatic carbocycles. The maximum Gasteiger partial charge on any atom is 0.411 e. The van der Waals surface area contributed by atoms with Crippen LogP contribution in [-0.4, -0.2) is 44.9 Å². The summed E-state index contributed by atoms with van der Waals surface area (Å²) in [5.41, 5.74) is 1.62. The maximum atomic E-state index is 12.8. The van der Waals surface area contributed by atoms with Crippen LogP contribution in [0.1, 0.15) is 35.3 Å². The lowest BCUT2D eigenvalue weighted by atomic mass is 10.0. The van der Waals surface area contributed by atoms with Crippen LogP contribution in [0.2, 0.25) is 0 Å². The Morgan fingerprint density at radius 2 is 1.50 bits per heavy atom. The normalized spacial score (nSPS) is 12.2. The van der Waals surface area contributed by atoms with E-state index in [0.29, 0.717) is 17.1 Å². The SMILES string of the molecule is COc1cc(OC)cc(C(=O)N[C@H](C(=O)NCc2ccc(COCC(F)(F)F)cc2)C(C)C)c1. The second kappa shape index (κ2) is 12.3. The summed E-state index contributed by atoms with van der Waals surface area (Å²) in [4.78, 5) is 25.5. The minimum absolute atomic E-state index is 0.164. The summed E-state index contributed by atoms with van der Waals surface area (Å²) in [7, 11) is 2.95. The number of methoxy groups -OCH3 is 2. The van der Waals surface area contributed by atoms with Crippen molar-refractivity contribution in [2.24, 2.45) is 5.92 Å². The molecule has 0 aromatic heterocycles. The average Bonchev–Trinajstić information content (AvgIpc) is 2.80. The van der Waals surface area contributed by atoms with E-state index in [4.69, 9.17) is 9.47 Å². The monoisotopic (exact) mass is 482 g/mol. The van der Waals surface area contributed by atoms with Crippen molar-refractivity contribution in [2.75, 3.05) is 20.8 Å². The van der Waals surface area contributed by atoms with Crippen molar-refractivity contribution < 1.29 is 37.0 Å². The van der Waals surface area contributed by atoms with E-state index in [0.717, 1.165) is 5.56 Å². The highest BCUT2D eigenvalue weighted by atomic mass is 19.4. The quantitative estimate of drug-likeness (QED) is 0.508. The molecule has 2 N–H and O–H groups in total. The lowest BCUT2D eigenvalue weighted by Gasteiger charge is -2.22. The van der Waals surface area contributed by atoms with E-state index in [1.54, 1.807) is 42.5 Å². The molecule has 186 valence electrons. The Hall–Kier alpha value is -3.27. The van der Waals surface area contributed by atoms with E-state index >= 15 is 0 Å². The summed E-state index contributed by atoms with van der Waals surface area (Å²) in [6.07, 6.45) is -4.37. The topological polar surface area (TPSA) is 85.9 Å². The summed E-state index contributed by atoms with van der Waals surface area (Å²) in [5, 5.41) is 5.53. The fourth-order valence-corrected chi connectivity index (χ4v) is 3.04. The number of rotatable bonds is 11. The predicted octanol–water partition coefficient (Wildman–Crippen LogP) is 3.85. The Bertz CT molecular complexity index is 940. The average molecular weight is 482 g/mol. The number of hydrogen-bond donors (Lipinski definition) is 2. The van der Waals surface area contributed by atoms with Crippen LogP contribution in [0.5, 0.6) is 11.5 Å². The summed E-state index contributed by atoms with van der Waals surface area (Å²) in [5.74, 6) is -0.112. The number of alkyl halides is 3. The molecule has 0 aliphatic heterocycles. The lowest BCUT2D eigenvalue weighted by molar-refractivity contribution is -0.176. The molecule has 0 aliphatic rings. The second-order valence-corrected chi connectivity index (χ2v) is 7.94. The number of hydrogen-bond acceptors (Lipinski definition) is 5. The molecular weight excluding hydrogens is 453 g/mol. The molecule has 0 saturated heterocycles. The summed E-state index contributed by atoms with van der Waals surface area (Å²) < 4.78 is 51.5. The van der Waals surface area contributed by atoms with Crippen LogP contribution in [0.25, 0.3) is 0 Å². The van der Waals surface area contributed by atoms with Gasteiger partial charge in [-0.1, -0.05) is 38.1 Å². The molecule has 34 heavy (non-hydrogen) atoms. The molecule has 0 saturated carbocycles. The number of amides is 2. The van der Waals surface area contributed by atoms with Gasteiger partial charge in [-0.25, -0.2) is 0 Å². The van der Waals surface area contributed by atoms with Gasteiger partial charge in [-0.15, -0.1) is 0 Å². The Kier molecular flexibility index (Phi) is 9.73. The minimum atomic E-state index is -4.37. The fraction of sp³-hybridized carbons (Fsp3) is 0.417. The molecule has 2 amide bonds. The Labute approximate surface area is 196 Å². The van der Waals surface area contributed by atoms with E-state index in [1.165, 1.54) is 14.2 Å². The Morgan fingerprint density at radius 3 is 2.00 bits per heavy atom. The first kappa shape index (κ1) is 27.0. The van der Waals surface area contributed by atoms with Gasteiger partial charge in [0.2, 0.25) is 5.91 Å². The Morgan fingerprint density at radius 1 is 0.941 bits per heavy atom. The molecule has 0 bridgehead atoms. The van der Waals surface area contributed by atoms with Crippen LogP contribution in [0.15, 0.2) is 42.5 Å². The van der Waals surface area contributed by atoms with Crippen molar-refractivity contribution in [1.29, 1.82) is 0 Å². The van der Waals surface area contributed by atoms with Gasteiger partial charge in [-0.05, 0) is 29.2 Å². The van der Waals surface area contributed by atoms with Crippen LogP contribution >= 0.6 is 0 Å². The lowest BCUT2D eigenvalue weighted by Crippen LogP contribution is -2.49. The standard InChI is InChI=1S/C24H29F3N2O5/c1-15(2)21(29-22(30)18-9-19(32-3)11-20(10-18)33-4)23(31)28-12-16-5-7-17(8-6-16)13-34-14-24(25,26)27/h5-11,15,21H,12-14H2,1-4H3,(H,28,31)(H,29,30)/t21-/m0/s1. The van der Waals surface area contributed by atoms with Gasteiger partial charge in [0.05, 0.1) is 20.8 Å². The molecule has 0 heterocycles. The van der Waals surface area contributed by atoms with Crippen LogP contribution in [0.4, 0.5) is 13.2 Å². The third-order valence-corrected chi connectivity index (χ3v) is 4.87. The molecule has 10 heteroatoms. The highest BCUT2D eigenvalue weighted by Crippen LogP contribution is 2.22. The molecule has 0 radical (unpaired) electrons. The van der Waals surface area contributed by atoms with Crippen LogP contribution in [-0.2, 0) is 22.7 Å². The van der Waals surface area contributed by atoms with E-state index in [2.05, 4.69) is 15.4 Å². The first-order valence-electron chi connectivity index (χ1n) is 10.6. The van der Waals surface area contributed by atoms with Gasteiger partial charge < -0.3 is 24.8 Å². The summed E-state index contributed by atoms with van der Waals surface area (Å²) in [6.45, 7) is 2.34. The zero-order valence-electron chi connectivity index (χ0n) is 19.5. The van der Waals surface area contributed by atoms with Gasteiger partial charge in [0.25, 0.3) is 5.91 Å². The molecular formula is C24H29F3N2O5. The third kappa shape index (κ3) is 8.58. The van der Waals surface area contributed by atoms with Gasteiger partial charge in [-0.3, -0.25) is 9.59 Å². The van der Waals surface area contributed by atoms with Crippen molar-refractivity contribution in [3.05, 3.63) is 59.2 Å².